The van der Waals surface area contributed by atoms with Crippen molar-refractivity contribution in [3.8, 4) is 0 Å². The quantitative estimate of drug-likeness (QED) is 0.802. The predicted octanol–water partition coefficient (Wildman–Crippen LogP) is 2.31. The molecular formula is C13H25N3. The standard InChI is InChI=1S/C13H25N3/c1-6-10(2)9-16-12(4)13(7-8-14-5)11(3)15-16/h10,14H,6-9H2,1-5H3. The first-order valence-electron chi connectivity index (χ1n) is 6.27. The molecule has 0 aromatic carbocycles. The lowest BCUT2D eigenvalue weighted by Crippen LogP contribution is -2.12. The van der Waals surface area contributed by atoms with Gasteiger partial charge in [-0.05, 0) is 45.3 Å². The third-order valence-corrected chi connectivity index (χ3v) is 3.34. The van der Waals surface area contributed by atoms with E-state index in [0.717, 1.165) is 19.5 Å². The lowest BCUT2D eigenvalue weighted by atomic mass is 10.1. The van der Waals surface area contributed by atoms with E-state index in [9.17, 15) is 0 Å². The van der Waals surface area contributed by atoms with Gasteiger partial charge in [-0.1, -0.05) is 20.3 Å². The fourth-order valence-corrected chi connectivity index (χ4v) is 1.95. The summed E-state index contributed by atoms with van der Waals surface area (Å²) in [5.41, 5.74) is 3.95. The van der Waals surface area contributed by atoms with Crippen LogP contribution in [0.4, 0.5) is 0 Å². The summed E-state index contributed by atoms with van der Waals surface area (Å²) in [4.78, 5) is 0. The Hall–Kier alpha value is -0.830. The molecule has 0 spiro atoms. The second-order valence-corrected chi connectivity index (χ2v) is 4.70. The molecule has 0 aliphatic rings. The monoisotopic (exact) mass is 223 g/mol. The van der Waals surface area contributed by atoms with Gasteiger partial charge in [-0.25, -0.2) is 0 Å². The summed E-state index contributed by atoms with van der Waals surface area (Å²) < 4.78 is 2.18. The summed E-state index contributed by atoms with van der Waals surface area (Å²) in [6.45, 7) is 10.9. The molecule has 3 heteroatoms. The van der Waals surface area contributed by atoms with Crippen LogP contribution >= 0.6 is 0 Å². The highest BCUT2D eigenvalue weighted by Gasteiger charge is 2.12. The summed E-state index contributed by atoms with van der Waals surface area (Å²) in [6, 6.07) is 0. The molecule has 1 atom stereocenters. The normalized spacial score (nSPS) is 13.1. The van der Waals surface area contributed by atoms with E-state index in [1.807, 2.05) is 7.05 Å². The Morgan fingerprint density at radius 1 is 1.38 bits per heavy atom. The molecule has 0 amide bonds. The molecule has 16 heavy (non-hydrogen) atoms. The molecule has 0 radical (unpaired) electrons. The van der Waals surface area contributed by atoms with Crippen molar-refractivity contribution < 1.29 is 0 Å². The third-order valence-electron chi connectivity index (χ3n) is 3.34. The molecule has 1 heterocycles. The van der Waals surface area contributed by atoms with Crippen LogP contribution in [0.2, 0.25) is 0 Å². The van der Waals surface area contributed by atoms with Crippen LogP contribution in [-0.4, -0.2) is 23.4 Å². The van der Waals surface area contributed by atoms with Crippen LogP contribution in [0.15, 0.2) is 0 Å². The zero-order valence-electron chi connectivity index (χ0n) is 11.3. The smallest absolute Gasteiger partial charge is 0.0628 e. The van der Waals surface area contributed by atoms with E-state index >= 15 is 0 Å². The number of likely N-dealkylation sites (N-methyl/N-ethyl adjacent to an activating group) is 1. The first-order chi connectivity index (χ1) is 7.60. The number of aromatic nitrogens is 2. The van der Waals surface area contributed by atoms with E-state index in [4.69, 9.17) is 0 Å². The van der Waals surface area contributed by atoms with Crippen molar-refractivity contribution in [1.29, 1.82) is 0 Å². The van der Waals surface area contributed by atoms with Gasteiger partial charge in [0.25, 0.3) is 0 Å². The average Bonchev–Trinajstić information content (AvgIpc) is 2.52. The molecule has 1 unspecified atom stereocenters. The van der Waals surface area contributed by atoms with Gasteiger partial charge in [0, 0.05) is 12.2 Å². The average molecular weight is 223 g/mol. The largest absolute Gasteiger partial charge is 0.319 e. The van der Waals surface area contributed by atoms with Crippen molar-refractivity contribution in [3.63, 3.8) is 0 Å². The van der Waals surface area contributed by atoms with Gasteiger partial charge in [0.15, 0.2) is 0 Å². The summed E-state index contributed by atoms with van der Waals surface area (Å²) in [5.74, 6) is 0.704. The van der Waals surface area contributed by atoms with Crippen molar-refractivity contribution in [2.24, 2.45) is 5.92 Å². The minimum absolute atomic E-state index is 0.704. The van der Waals surface area contributed by atoms with Crippen LogP contribution < -0.4 is 5.32 Å². The molecule has 0 saturated heterocycles. The van der Waals surface area contributed by atoms with Crippen LogP contribution in [-0.2, 0) is 13.0 Å². The lowest BCUT2D eigenvalue weighted by Gasteiger charge is -2.10. The molecule has 0 fully saturated rings. The van der Waals surface area contributed by atoms with Gasteiger partial charge in [-0.2, -0.15) is 5.10 Å². The molecule has 0 aliphatic heterocycles. The number of hydrogen-bond donors (Lipinski definition) is 1. The molecule has 1 rings (SSSR count). The maximum atomic E-state index is 4.64. The third kappa shape index (κ3) is 3.08. The van der Waals surface area contributed by atoms with Crippen molar-refractivity contribution in [1.82, 2.24) is 15.1 Å². The van der Waals surface area contributed by atoms with Gasteiger partial charge in [0.05, 0.1) is 5.69 Å². The maximum Gasteiger partial charge on any atom is 0.0628 e. The van der Waals surface area contributed by atoms with Gasteiger partial charge in [-0.15, -0.1) is 0 Å². The predicted molar refractivity (Wildman–Crippen MR) is 68.8 cm³/mol. The zero-order valence-corrected chi connectivity index (χ0v) is 11.3. The molecule has 1 N–H and O–H groups in total. The van der Waals surface area contributed by atoms with Crippen molar-refractivity contribution in [3.05, 3.63) is 17.0 Å². The minimum atomic E-state index is 0.704. The molecule has 92 valence electrons. The molecule has 0 saturated carbocycles. The molecular weight excluding hydrogens is 198 g/mol. The van der Waals surface area contributed by atoms with Gasteiger partial charge < -0.3 is 5.32 Å². The van der Waals surface area contributed by atoms with E-state index < -0.39 is 0 Å². The Balaban J connectivity index is 2.79. The van der Waals surface area contributed by atoms with E-state index in [2.05, 4.69) is 42.8 Å². The van der Waals surface area contributed by atoms with E-state index in [-0.39, 0.29) is 0 Å². The second kappa shape index (κ2) is 6.04. The van der Waals surface area contributed by atoms with Crippen LogP contribution in [0.1, 0.15) is 37.2 Å². The van der Waals surface area contributed by atoms with Gasteiger partial charge in [0.1, 0.15) is 0 Å². The molecule has 1 aromatic rings. The highest BCUT2D eigenvalue weighted by atomic mass is 15.3. The van der Waals surface area contributed by atoms with E-state index in [0.29, 0.717) is 5.92 Å². The SMILES string of the molecule is CCC(C)Cn1nc(C)c(CCNC)c1C. The summed E-state index contributed by atoms with van der Waals surface area (Å²) in [6.07, 6.45) is 2.29. The fraction of sp³-hybridized carbons (Fsp3) is 0.769. The Morgan fingerprint density at radius 2 is 2.06 bits per heavy atom. The summed E-state index contributed by atoms with van der Waals surface area (Å²) in [7, 11) is 1.99. The Morgan fingerprint density at radius 3 is 2.62 bits per heavy atom. The maximum absolute atomic E-state index is 4.64. The van der Waals surface area contributed by atoms with E-state index in [1.54, 1.807) is 0 Å². The Labute approximate surface area is 99.2 Å². The molecule has 1 aromatic heterocycles. The highest BCUT2D eigenvalue weighted by molar-refractivity contribution is 5.24. The number of nitrogens with one attached hydrogen (secondary N) is 1. The van der Waals surface area contributed by atoms with Crippen molar-refractivity contribution in [2.75, 3.05) is 13.6 Å². The second-order valence-electron chi connectivity index (χ2n) is 4.70. The molecule has 0 bridgehead atoms. The van der Waals surface area contributed by atoms with E-state index in [1.165, 1.54) is 23.4 Å². The molecule has 0 aliphatic carbocycles. The topological polar surface area (TPSA) is 29.9 Å². The zero-order chi connectivity index (χ0) is 12.1. The van der Waals surface area contributed by atoms with Crippen LogP contribution in [0, 0.1) is 19.8 Å². The van der Waals surface area contributed by atoms with Crippen LogP contribution in [0.5, 0.6) is 0 Å². The van der Waals surface area contributed by atoms with Gasteiger partial charge in [0.2, 0.25) is 0 Å². The fourth-order valence-electron chi connectivity index (χ4n) is 1.95. The summed E-state index contributed by atoms with van der Waals surface area (Å²) >= 11 is 0. The van der Waals surface area contributed by atoms with Gasteiger partial charge >= 0.3 is 0 Å². The van der Waals surface area contributed by atoms with Gasteiger partial charge in [-0.3, -0.25) is 4.68 Å². The number of rotatable bonds is 6. The Bertz CT molecular complexity index is 328. The van der Waals surface area contributed by atoms with Crippen LogP contribution in [0.3, 0.4) is 0 Å². The lowest BCUT2D eigenvalue weighted by molar-refractivity contribution is 0.431. The molecule has 3 nitrogen and oxygen atoms in total. The highest BCUT2D eigenvalue weighted by Crippen LogP contribution is 2.15. The Kier molecular flexibility index (Phi) is 5.00. The van der Waals surface area contributed by atoms with Crippen molar-refractivity contribution >= 4 is 0 Å². The van der Waals surface area contributed by atoms with Crippen molar-refractivity contribution in [2.45, 2.75) is 47.1 Å². The number of nitrogens with zero attached hydrogens (tertiary/aromatic N) is 2. The minimum Gasteiger partial charge on any atom is -0.319 e. The first kappa shape index (κ1) is 13.2. The first-order valence-corrected chi connectivity index (χ1v) is 6.27. The number of aryl methyl sites for hydroxylation is 1. The number of hydrogen-bond acceptors (Lipinski definition) is 2. The summed E-state index contributed by atoms with van der Waals surface area (Å²) in [5, 5.41) is 7.83. The van der Waals surface area contributed by atoms with Crippen LogP contribution in [0.25, 0.3) is 0 Å².